The highest BCUT2D eigenvalue weighted by Gasteiger charge is 2.15. The second kappa shape index (κ2) is 5.82. The molecule has 0 aliphatic rings. The molecular formula is C16H15ClFN3. The van der Waals surface area contributed by atoms with Crippen LogP contribution in [0.3, 0.4) is 0 Å². The van der Waals surface area contributed by atoms with Crippen LogP contribution in [0, 0.1) is 5.82 Å². The molecular weight excluding hydrogens is 289 g/mol. The summed E-state index contributed by atoms with van der Waals surface area (Å²) in [5.41, 5.74) is 2.54. The van der Waals surface area contributed by atoms with Crippen molar-refractivity contribution in [3.63, 3.8) is 0 Å². The molecule has 0 bridgehead atoms. The molecule has 2 aromatic heterocycles. The Balaban J connectivity index is 1.97. The third kappa shape index (κ3) is 2.90. The Kier molecular flexibility index (Phi) is 3.88. The molecule has 0 amide bonds. The molecule has 3 rings (SSSR count). The van der Waals surface area contributed by atoms with Gasteiger partial charge in [-0.2, -0.15) is 0 Å². The van der Waals surface area contributed by atoms with Crippen LogP contribution in [0.25, 0.3) is 11.0 Å². The van der Waals surface area contributed by atoms with E-state index in [1.165, 1.54) is 12.1 Å². The molecule has 0 saturated heterocycles. The summed E-state index contributed by atoms with van der Waals surface area (Å²) in [7, 11) is 0. The zero-order valence-electron chi connectivity index (χ0n) is 11.6. The number of benzene rings is 1. The molecule has 0 fully saturated rings. The topological polar surface area (TPSA) is 30.7 Å². The van der Waals surface area contributed by atoms with Crippen molar-refractivity contribution in [1.82, 2.24) is 14.5 Å². The van der Waals surface area contributed by atoms with E-state index in [1.807, 2.05) is 29.7 Å². The number of imidazole rings is 1. The summed E-state index contributed by atoms with van der Waals surface area (Å²) >= 11 is 6.21. The van der Waals surface area contributed by atoms with Crippen LogP contribution >= 0.6 is 11.6 Å². The molecule has 2 heterocycles. The number of halogens is 2. The second-order valence-corrected chi connectivity index (χ2v) is 5.60. The van der Waals surface area contributed by atoms with Gasteiger partial charge in [0.15, 0.2) is 0 Å². The predicted octanol–water partition coefficient (Wildman–Crippen LogP) is 4.11. The number of aryl methyl sites for hydroxylation is 2. The van der Waals surface area contributed by atoms with E-state index >= 15 is 0 Å². The predicted molar refractivity (Wildman–Crippen MR) is 81.9 cm³/mol. The zero-order chi connectivity index (χ0) is 14.8. The first-order valence-electron chi connectivity index (χ1n) is 6.85. The number of hydrogen-bond acceptors (Lipinski definition) is 2. The second-order valence-electron chi connectivity index (χ2n) is 4.94. The van der Waals surface area contributed by atoms with Gasteiger partial charge in [0, 0.05) is 30.9 Å². The maximum absolute atomic E-state index is 13.3. The summed E-state index contributed by atoms with van der Waals surface area (Å²) in [6.45, 7) is 2.59. The lowest BCUT2D eigenvalue weighted by atomic mass is 10.2. The summed E-state index contributed by atoms with van der Waals surface area (Å²) < 4.78 is 15.4. The minimum Gasteiger partial charge on any atom is -0.326 e. The van der Waals surface area contributed by atoms with Gasteiger partial charge in [0.25, 0.3) is 0 Å². The van der Waals surface area contributed by atoms with Crippen molar-refractivity contribution < 1.29 is 4.39 Å². The molecule has 0 aliphatic carbocycles. The minimum absolute atomic E-state index is 0.232. The van der Waals surface area contributed by atoms with Crippen LogP contribution in [0.15, 0.2) is 42.6 Å². The van der Waals surface area contributed by atoms with E-state index < -0.39 is 0 Å². The van der Waals surface area contributed by atoms with Gasteiger partial charge in [-0.3, -0.25) is 4.98 Å². The van der Waals surface area contributed by atoms with Crippen molar-refractivity contribution in [3.05, 3.63) is 59.9 Å². The van der Waals surface area contributed by atoms with Gasteiger partial charge in [-0.25, -0.2) is 9.37 Å². The minimum atomic E-state index is -0.286. The molecule has 108 valence electrons. The number of pyridine rings is 1. The van der Waals surface area contributed by atoms with E-state index in [2.05, 4.69) is 9.97 Å². The quantitative estimate of drug-likeness (QED) is 0.679. The average molecular weight is 304 g/mol. The Morgan fingerprint density at radius 1 is 1.29 bits per heavy atom. The maximum atomic E-state index is 13.3. The molecule has 3 aromatic rings. The molecule has 0 aliphatic heterocycles. The molecule has 21 heavy (non-hydrogen) atoms. The number of fused-ring (bicyclic) bond motifs is 1. The van der Waals surface area contributed by atoms with Crippen LogP contribution in [0.4, 0.5) is 4.39 Å². The standard InChI is InChI=1S/C16H15ClFN3/c1-11(17)16-20-14-10-12(18)5-6-15(14)21(16)9-7-13-4-2-3-8-19-13/h2-6,8,10-11H,7,9H2,1H3. The SMILES string of the molecule is CC(Cl)c1nc2cc(F)ccc2n1CCc1ccccn1. The Labute approximate surface area is 127 Å². The van der Waals surface area contributed by atoms with Crippen LogP contribution < -0.4 is 0 Å². The van der Waals surface area contributed by atoms with Gasteiger partial charge < -0.3 is 4.57 Å². The summed E-state index contributed by atoms with van der Waals surface area (Å²) in [6.07, 6.45) is 2.56. The Morgan fingerprint density at radius 2 is 2.14 bits per heavy atom. The molecule has 3 nitrogen and oxygen atoms in total. The fourth-order valence-corrected chi connectivity index (χ4v) is 2.60. The van der Waals surface area contributed by atoms with E-state index in [9.17, 15) is 4.39 Å². The van der Waals surface area contributed by atoms with E-state index in [0.29, 0.717) is 12.1 Å². The first-order chi connectivity index (χ1) is 10.1. The van der Waals surface area contributed by atoms with Crippen molar-refractivity contribution in [2.75, 3.05) is 0 Å². The van der Waals surface area contributed by atoms with Gasteiger partial charge in [0.1, 0.15) is 11.6 Å². The molecule has 0 radical (unpaired) electrons. The van der Waals surface area contributed by atoms with Crippen molar-refractivity contribution in [1.29, 1.82) is 0 Å². The largest absolute Gasteiger partial charge is 0.326 e. The zero-order valence-corrected chi connectivity index (χ0v) is 12.4. The molecule has 0 spiro atoms. The number of rotatable bonds is 4. The molecule has 0 saturated carbocycles. The van der Waals surface area contributed by atoms with Crippen LogP contribution in [-0.4, -0.2) is 14.5 Å². The van der Waals surface area contributed by atoms with Crippen LogP contribution in [0.1, 0.15) is 23.8 Å². The van der Waals surface area contributed by atoms with Crippen molar-refractivity contribution in [2.24, 2.45) is 0 Å². The monoisotopic (exact) mass is 303 g/mol. The third-order valence-corrected chi connectivity index (χ3v) is 3.61. The number of aromatic nitrogens is 3. The molecule has 5 heteroatoms. The van der Waals surface area contributed by atoms with Crippen molar-refractivity contribution >= 4 is 22.6 Å². The number of hydrogen-bond donors (Lipinski definition) is 0. The Bertz CT molecular complexity index is 753. The maximum Gasteiger partial charge on any atom is 0.127 e. The Hall–Kier alpha value is -1.94. The van der Waals surface area contributed by atoms with Gasteiger partial charge in [0.2, 0.25) is 0 Å². The number of nitrogens with zero attached hydrogens (tertiary/aromatic N) is 3. The lowest BCUT2D eigenvalue weighted by molar-refractivity contribution is 0.629. The molecule has 0 N–H and O–H groups in total. The van der Waals surface area contributed by atoms with Gasteiger partial charge in [-0.05, 0) is 31.2 Å². The lowest BCUT2D eigenvalue weighted by Gasteiger charge is -2.10. The van der Waals surface area contributed by atoms with Gasteiger partial charge >= 0.3 is 0 Å². The van der Waals surface area contributed by atoms with Crippen LogP contribution in [0.2, 0.25) is 0 Å². The highest BCUT2D eigenvalue weighted by Crippen LogP contribution is 2.25. The summed E-state index contributed by atoms with van der Waals surface area (Å²) in [5, 5.41) is -0.232. The fraction of sp³-hybridized carbons (Fsp3) is 0.250. The van der Waals surface area contributed by atoms with E-state index in [1.54, 1.807) is 12.3 Å². The first-order valence-corrected chi connectivity index (χ1v) is 7.28. The van der Waals surface area contributed by atoms with Gasteiger partial charge in [-0.1, -0.05) is 6.07 Å². The van der Waals surface area contributed by atoms with Gasteiger partial charge in [0.05, 0.1) is 16.4 Å². The van der Waals surface area contributed by atoms with E-state index in [-0.39, 0.29) is 11.2 Å². The summed E-state index contributed by atoms with van der Waals surface area (Å²) in [4.78, 5) is 8.78. The normalized spacial score (nSPS) is 12.7. The molecule has 1 atom stereocenters. The third-order valence-electron chi connectivity index (χ3n) is 3.41. The van der Waals surface area contributed by atoms with E-state index in [4.69, 9.17) is 11.6 Å². The van der Waals surface area contributed by atoms with Crippen molar-refractivity contribution in [3.8, 4) is 0 Å². The fourth-order valence-electron chi connectivity index (χ4n) is 2.43. The summed E-state index contributed by atoms with van der Waals surface area (Å²) in [5.74, 6) is 0.471. The highest BCUT2D eigenvalue weighted by molar-refractivity contribution is 6.20. The smallest absolute Gasteiger partial charge is 0.127 e. The first kappa shape index (κ1) is 14.0. The van der Waals surface area contributed by atoms with Crippen LogP contribution in [0.5, 0.6) is 0 Å². The van der Waals surface area contributed by atoms with Crippen LogP contribution in [-0.2, 0) is 13.0 Å². The Morgan fingerprint density at radius 3 is 2.86 bits per heavy atom. The average Bonchev–Trinajstić information content (AvgIpc) is 2.84. The van der Waals surface area contributed by atoms with E-state index in [0.717, 1.165) is 23.5 Å². The molecule has 1 aromatic carbocycles. The van der Waals surface area contributed by atoms with Gasteiger partial charge in [-0.15, -0.1) is 11.6 Å². The summed E-state index contributed by atoms with van der Waals surface area (Å²) in [6, 6.07) is 10.5. The van der Waals surface area contributed by atoms with Crippen molar-refractivity contribution in [2.45, 2.75) is 25.3 Å². The lowest BCUT2D eigenvalue weighted by Crippen LogP contribution is -2.07. The highest BCUT2D eigenvalue weighted by atomic mass is 35.5. The molecule has 1 unspecified atom stereocenters. The number of alkyl halides is 1.